The van der Waals surface area contributed by atoms with Gasteiger partial charge >= 0.3 is 0 Å². The molecule has 3 nitrogen and oxygen atoms in total. The molecule has 1 aromatic heterocycles. The maximum Gasteiger partial charge on any atom is 0.118 e. The van der Waals surface area contributed by atoms with E-state index in [9.17, 15) is 0 Å². The Morgan fingerprint density at radius 1 is 1.00 bits per heavy atom. The summed E-state index contributed by atoms with van der Waals surface area (Å²) in [7, 11) is 1.68. The largest absolute Gasteiger partial charge is 0.497 e. The van der Waals surface area contributed by atoms with E-state index in [0.717, 1.165) is 23.7 Å². The second kappa shape index (κ2) is 6.76. The summed E-state index contributed by atoms with van der Waals surface area (Å²) in [5.41, 5.74) is 3.41. The highest BCUT2D eigenvalue weighted by atomic mass is 16.5. The first-order valence-electron chi connectivity index (χ1n) is 7.13. The van der Waals surface area contributed by atoms with Gasteiger partial charge in [0, 0.05) is 30.3 Å². The summed E-state index contributed by atoms with van der Waals surface area (Å²) >= 11 is 0. The van der Waals surface area contributed by atoms with Crippen LogP contribution in [0.2, 0.25) is 0 Å². The number of hydrogen-bond acceptors (Lipinski definition) is 3. The molecule has 1 heterocycles. The molecule has 0 N–H and O–H groups in total. The predicted molar refractivity (Wildman–Crippen MR) is 88.4 cm³/mol. The molecule has 3 heteroatoms. The van der Waals surface area contributed by atoms with Gasteiger partial charge in [0.05, 0.1) is 7.11 Å². The molecular weight excluding hydrogens is 272 g/mol. The number of pyridine rings is 1. The lowest BCUT2D eigenvalue weighted by Gasteiger charge is -2.25. The first-order chi connectivity index (χ1) is 10.9. The van der Waals surface area contributed by atoms with E-state index in [0.29, 0.717) is 0 Å². The third-order valence-electron chi connectivity index (χ3n) is 3.48. The summed E-state index contributed by atoms with van der Waals surface area (Å²) < 4.78 is 5.22. The Morgan fingerprint density at radius 2 is 1.77 bits per heavy atom. The number of anilines is 2. The van der Waals surface area contributed by atoms with Gasteiger partial charge in [-0.05, 0) is 48.0 Å². The Morgan fingerprint density at radius 3 is 2.41 bits per heavy atom. The molecule has 0 aliphatic heterocycles. The molecule has 0 saturated carbocycles. The zero-order chi connectivity index (χ0) is 15.2. The molecule has 0 saturated heterocycles. The molecule has 3 rings (SSSR count). The Labute approximate surface area is 130 Å². The number of aromatic nitrogens is 1. The van der Waals surface area contributed by atoms with Crippen molar-refractivity contribution in [3.8, 4) is 5.75 Å². The topological polar surface area (TPSA) is 25.4 Å². The van der Waals surface area contributed by atoms with Crippen molar-refractivity contribution in [3.63, 3.8) is 0 Å². The van der Waals surface area contributed by atoms with Crippen LogP contribution < -0.4 is 9.64 Å². The Bertz CT molecular complexity index is 657. The second-order valence-electron chi connectivity index (χ2n) is 4.90. The van der Waals surface area contributed by atoms with E-state index in [1.807, 2.05) is 54.9 Å². The summed E-state index contributed by atoms with van der Waals surface area (Å²) in [5.74, 6) is 0.868. The first-order valence-corrected chi connectivity index (χ1v) is 7.13. The maximum absolute atomic E-state index is 5.22. The van der Waals surface area contributed by atoms with Crippen molar-refractivity contribution in [2.24, 2.45) is 0 Å². The summed E-state index contributed by atoms with van der Waals surface area (Å²) in [6.45, 7) is 0.770. The smallest absolute Gasteiger partial charge is 0.118 e. The van der Waals surface area contributed by atoms with Gasteiger partial charge in [-0.25, -0.2) is 0 Å². The fourth-order valence-electron chi connectivity index (χ4n) is 2.32. The lowest BCUT2D eigenvalue weighted by molar-refractivity contribution is 0.414. The Kier molecular flexibility index (Phi) is 4.35. The highest BCUT2D eigenvalue weighted by Gasteiger charge is 2.09. The summed E-state index contributed by atoms with van der Waals surface area (Å²) in [6.07, 6.45) is 3.62. The lowest BCUT2D eigenvalue weighted by Crippen LogP contribution is -2.16. The van der Waals surface area contributed by atoms with Crippen LogP contribution in [-0.4, -0.2) is 12.1 Å². The summed E-state index contributed by atoms with van der Waals surface area (Å²) in [4.78, 5) is 6.34. The van der Waals surface area contributed by atoms with Gasteiger partial charge in [0.2, 0.25) is 0 Å². The van der Waals surface area contributed by atoms with E-state index >= 15 is 0 Å². The molecule has 0 atom stereocenters. The zero-order valence-electron chi connectivity index (χ0n) is 12.4. The van der Waals surface area contributed by atoms with E-state index in [4.69, 9.17) is 4.74 Å². The molecule has 0 fully saturated rings. The van der Waals surface area contributed by atoms with Gasteiger partial charge in [-0.2, -0.15) is 0 Å². The van der Waals surface area contributed by atoms with Crippen molar-refractivity contribution in [3.05, 3.63) is 84.7 Å². The van der Waals surface area contributed by atoms with Crippen LogP contribution in [0.5, 0.6) is 5.75 Å². The van der Waals surface area contributed by atoms with E-state index in [1.54, 1.807) is 7.11 Å². The van der Waals surface area contributed by atoms with Crippen LogP contribution in [0.1, 0.15) is 5.56 Å². The SMILES string of the molecule is COc1ccc(CN(c2c[c]ccc2)c2ccncc2)cc1. The van der Waals surface area contributed by atoms with Crippen LogP contribution in [0, 0.1) is 6.07 Å². The average Bonchev–Trinajstić information content (AvgIpc) is 2.62. The van der Waals surface area contributed by atoms with Crippen LogP contribution in [-0.2, 0) is 6.54 Å². The van der Waals surface area contributed by atoms with Crippen molar-refractivity contribution >= 4 is 11.4 Å². The number of benzene rings is 2. The molecule has 0 bridgehead atoms. The van der Waals surface area contributed by atoms with Crippen LogP contribution in [0.15, 0.2) is 73.1 Å². The van der Waals surface area contributed by atoms with E-state index in [2.05, 4.69) is 34.1 Å². The quantitative estimate of drug-likeness (QED) is 0.703. The summed E-state index contributed by atoms with van der Waals surface area (Å²) in [6, 6.07) is 23.3. The van der Waals surface area contributed by atoms with Gasteiger partial charge in [-0.1, -0.05) is 24.3 Å². The van der Waals surface area contributed by atoms with E-state index in [-0.39, 0.29) is 0 Å². The molecular formula is C19H17N2O. The Balaban J connectivity index is 1.91. The normalized spacial score (nSPS) is 10.2. The number of rotatable bonds is 5. The number of ether oxygens (including phenoxy) is 1. The average molecular weight is 289 g/mol. The third kappa shape index (κ3) is 3.26. The second-order valence-corrected chi connectivity index (χ2v) is 4.90. The molecule has 109 valence electrons. The molecule has 1 radical (unpaired) electrons. The first kappa shape index (κ1) is 14.1. The van der Waals surface area contributed by atoms with Crippen molar-refractivity contribution < 1.29 is 4.74 Å². The standard InChI is InChI=1S/C19H17N2O/c1-22-19-9-7-16(8-10-19)15-21(17-5-3-2-4-6-17)18-11-13-20-14-12-18/h2-3,5-14H,15H2,1H3. The molecule has 0 amide bonds. The fourth-order valence-corrected chi connectivity index (χ4v) is 2.32. The van der Waals surface area contributed by atoms with E-state index < -0.39 is 0 Å². The van der Waals surface area contributed by atoms with Gasteiger partial charge in [-0.15, -0.1) is 0 Å². The number of methoxy groups -OCH3 is 1. The minimum atomic E-state index is 0.770. The predicted octanol–water partition coefficient (Wildman–Crippen LogP) is 4.23. The van der Waals surface area contributed by atoms with Gasteiger partial charge < -0.3 is 9.64 Å². The van der Waals surface area contributed by atoms with Crippen molar-refractivity contribution in [2.45, 2.75) is 6.54 Å². The Hall–Kier alpha value is -2.81. The van der Waals surface area contributed by atoms with Crippen molar-refractivity contribution in [1.29, 1.82) is 0 Å². The minimum absolute atomic E-state index is 0.770. The molecule has 0 aliphatic rings. The van der Waals surface area contributed by atoms with Crippen molar-refractivity contribution in [1.82, 2.24) is 4.98 Å². The fraction of sp³-hybridized carbons (Fsp3) is 0.105. The minimum Gasteiger partial charge on any atom is -0.497 e. The summed E-state index contributed by atoms with van der Waals surface area (Å²) in [5, 5.41) is 0. The van der Waals surface area contributed by atoms with Crippen LogP contribution >= 0.6 is 0 Å². The lowest BCUT2D eigenvalue weighted by atomic mass is 10.1. The van der Waals surface area contributed by atoms with Gasteiger partial charge in [-0.3, -0.25) is 4.98 Å². The zero-order valence-corrected chi connectivity index (χ0v) is 12.4. The van der Waals surface area contributed by atoms with Gasteiger partial charge in [0.1, 0.15) is 5.75 Å². The van der Waals surface area contributed by atoms with E-state index in [1.165, 1.54) is 5.56 Å². The van der Waals surface area contributed by atoms with Gasteiger partial charge in [0.15, 0.2) is 0 Å². The van der Waals surface area contributed by atoms with Crippen LogP contribution in [0.25, 0.3) is 0 Å². The van der Waals surface area contributed by atoms with Crippen LogP contribution in [0.4, 0.5) is 11.4 Å². The monoisotopic (exact) mass is 289 g/mol. The maximum atomic E-state index is 5.22. The molecule has 0 spiro atoms. The molecule has 22 heavy (non-hydrogen) atoms. The molecule has 0 aliphatic carbocycles. The molecule has 2 aromatic carbocycles. The number of hydrogen-bond donors (Lipinski definition) is 0. The third-order valence-corrected chi connectivity index (χ3v) is 3.48. The highest BCUT2D eigenvalue weighted by Crippen LogP contribution is 2.27. The highest BCUT2D eigenvalue weighted by molar-refractivity contribution is 5.62. The molecule has 0 unspecified atom stereocenters. The van der Waals surface area contributed by atoms with Gasteiger partial charge in [0.25, 0.3) is 0 Å². The van der Waals surface area contributed by atoms with Crippen LogP contribution in [0.3, 0.4) is 0 Å². The van der Waals surface area contributed by atoms with Crippen molar-refractivity contribution in [2.75, 3.05) is 12.0 Å². The molecule has 3 aromatic rings. The number of nitrogens with zero attached hydrogens (tertiary/aromatic N) is 2.